The first-order valence-corrected chi connectivity index (χ1v) is 5.04. The molecule has 0 aromatic carbocycles. The number of imidazole rings is 1. The highest BCUT2D eigenvalue weighted by Crippen LogP contribution is 2.19. The van der Waals surface area contributed by atoms with E-state index in [0.717, 1.165) is 0 Å². The Hall–Kier alpha value is -1.77. The van der Waals surface area contributed by atoms with Crippen LogP contribution in [0.25, 0.3) is 11.2 Å². The molecule has 0 saturated heterocycles. The summed E-state index contributed by atoms with van der Waals surface area (Å²) in [6.45, 7) is -0.263. The van der Waals surface area contributed by atoms with Gasteiger partial charge in [-0.1, -0.05) is 0 Å². The van der Waals surface area contributed by atoms with Gasteiger partial charge in [-0.25, -0.2) is 15.0 Å². The Bertz CT molecular complexity index is 500. The van der Waals surface area contributed by atoms with Gasteiger partial charge >= 0.3 is 0 Å². The molecule has 4 N–H and O–H groups in total. The van der Waals surface area contributed by atoms with Crippen molar-refractivity contribution in [3.8, 4) is 0 Å². The number of ether oxygens (including phenoxy) is 1. The number of rotatable bonds is 5. The number of hydrogen-bond donors (Lipinski definition) is 3. The minimum atomic E-state index is -0.651. The SMILES string of the molecule is Nc1ncnc2c1ncn2C(CO)OCCO. The summed E-state index contributed by atoms with van der Waals surface area (Å²) in [5.41, 5.74) is 6.58. The highest BCUT2D eigenvalue weighted by Gasteiger charge is 2.15. The van der Waals surface area contributed by atoms with E-state index in [9.17, 15) is 5.11 Å². The second-order valence-corrected chi connectivity index (χ2v) is 3.31. The summed E-state index contributed by atoms with van der Waals surface area (Å²) >= 11 is 0. The number of nitrogens with two attached hydrogens (primary N) is 1. The van der Waals surface area contributed by atoms with Gasteiger partial charge in [0.25, 0.3) is 0 Å². The van der Waals surface area contributed by atoms with Gasteiger partial charge in [0.2, 0.25) is 0 Å². The number of anilines is 1. The van der Waals surface area contributed by atoms with Crippen LogP contribution >= 0.6 is 0 Å². The molecule has 0 radical (unpaired) electrons. The molecule has 0 saturated carbocycles. The van der Waals surface area contributed by atoms with E-state index in [2.05, 4.69) is 15.0 Å². The lowest BCUT2D eigenvalue weighted by molar-refractivity contribution is -0.0444. The maximum absolute atomic E-state index is 9.22. The first-order chi connectivity index (χ1) is 8.27. The quantitative estimate of drug-likeness (QED) is 0.606. The largest absolute Gasteiger partial charge is 0.394 e. The van der Waals surface area contributed by atoms with Crippen LogP contribution < -0.4 is 5.73 Å². The van der Waals surface area contributed by atoms with Crippen molar-refractivity contribution in [1.82, 2.24) is 19.5 Å². The second kappa shape index (κ2) is 5.04. The summed E-state index contributed by atoms with van der Waals surface area (Å²) in [6.07, 6.45) is 2.13. The Morgan fingerprint density at radius 1 is 1.35 bits per heavy atom. The van der Waals surface area contributed by atoms with Gasteiger partial charge < -0.3 is 20.7 Å². The summed E-state index contributed by atoms with van der Waals surface area (Å²) < 4.78 is 6.80. The number of nitrogens with zero attached hydrogens (tertiary/aromatic N) is 4. The minimum absolute atomic E-state index is 0.117. The monoisotopic (exact) mass is 239 g/mol. The fourth-order valence-corrected chi connectivity index (χ4v) is 1.49. The average Bonchev–Trinajstić information content (AvgIpc) is 2.76. The van der Waals surface area contributed by atoms with Gasteiger partial charge in [-0.3, -0.25) is 4.57 Å². The van der Waals surface area contributed by atoms with Crippen molar-refractivity contribution in [2.75, 3.05) is 25.6 Å². The number of aliphatic hydroxyl groups is 2. The third-order valence-corrected chi connectivity index (χ3v) is 2.26. The van der Waals surface area contributed by atoms with Gasteiger partial charge in [-0.2, -0.15) is 0 Å². The third-order valence-electron chi connectivity index (χ3n) is 2.26. The van der Waals surface area contributed by atoms with E-state index >= 15 is 0 Å². The Labute approximate surface area is 96.7 Å². The lowest BCUT2D eigenvalue weighted by atomic mass is 10.5. The van der Waals surface area contributed by atoms with Crippen molar-refractivity contribution in [2.45, 2.75) is 6.23 Å². The van der Waals surface area contributed by atoms with E-state index in [4.69, 9.17) is 15.6 Å². The molecule has 2 aromatic rings. The molecule has 1 unspecified atom stereocenters. The normalized spacial score (nSPS) is 13.1. The standard InChI is InChI=1S/C9H13N5O3/c10-8-7-9(12-4-11-8)14(5-13-7)6(3-16)17-2-1-15/h4-6,15-16H,1-3H2,(H2,10,11,12). The van der Waals surface area contributed by atoms with Crippen molar-refractivity contribution in [3.63, 3.8) is 0 Å². The zero-order chi connectivity index (χ0) is 12.3. The van der Waals surface area contributed by atoms with Crippen molar-refractivity contribution in [3.05, 3.63) is 12.7 Å². The van der Waals surface area contributed by atoms with Gasteiger partial charge in [0.1, 0.15) is 11.8 Å². The van der Waals surface area contributed by atoms with Crippen LogP contribution in [0.4, 0.5) is 5.82 Å². The van der Waals surface area contributed by atoms with Crippen LogP contribution in [0.3, 0.4) is 0 Å². The van der Waals surface area contributed by atoms with Crippen LogP contribution in [0, 0.1) is 0 Å². The molecule has 8 heteroatoms. The Morgan fingerprint density at radius 2 is 2.18 bits per heavy atom. The van der Waals surface area contributed by atoms with Crippen LogP contribution in [-0.2, 0) is 4.74 Å². The zero-order valence-corrected chi connectivity index (χ0v) is 9.02. The molecule has 0 spiro atoms. The van der Waals surface area contributed by atoms with Crippen LogP contribution in [0.2, 0.25) is 0 Å². The number of aromatic nitrogens is 4. The molecule has 0 amide bonds. The Balaban J connectivity index is 2.37. The fraction of sp³-hybridized carbons (Fsp3) is 0.444. The molecule has 17 heavy (non-hydrogen) atoms. The maximum Gasteiger partial charge on any atom is 0.167 e. The minimum Gasteiger partial charge on any atom is -0.394 e. The predicted octanol–water partition coefficient (Wildman–Crippen LogP) is -1.09. The molecule has 0 aliphatic carbocycles. The van der Waals surface area contributed by atoms with Gasteiger partial charge in [-0.15, -0.1) is 0 Å². The average molecular weight is 239 g/mol. The predicted molar refractivity (Wildman–Crippen MR) is 58.9 cm³/mol. The van der Waals surface area contributed by atoms with E-state index in [0.29, 0.717) is 11.2 Å². The molecular weight excluding hydrogens is 226 g/mol. The molecule has 2 rings (SSSR count). The van der Waals surface area contributed by atoms with E-state index in [1.54, 1.807) is 4.57 Å². The van der Waals surface area contributed by atoms with Crippen molar-refractivity contribution in [1.29, 1.82) is 0 Å². The smallest absolute Gasteiger partial charge is 0.167 e. The van der Waals surface area contributed by atoms with E-state index < -0.39 is 6.23 Å². The van der Waals surface area contributed by atoms with Gasteiger partial charge in [-0.05, 0) is 0 Å². The first kappa shape index (κ1) is 11.7. The van der Waals surface area contributed by atoms with E-state index in [1.807, 2.05) is 0 Å². The van der Waals surface area contributed by atoms with Crippen LogP contribution in [0.1, 0.15) is 6.23 Å². The highest BCUT2D eigenvalue weighted by molar-refractivity contribution is 5.81. The lowest BCUT2D eigenvalue weighted by Gasteiger charge is -2.16. The van der Waals surface area contributed by atoms with Crippen LogP contribution in [0.15, 0.2) is 12.7 Å². The molecule has 2 aromatic heterocycles. The summed E-state index contributed by atoms with van der Waals surface area (Å²) in [4.78, 5) is 11.9. The molecule has 1 atom stereocenters. The molecule has 0 fully saturated rings. The summed E-state index contributed by atoms with van der Waals surface area (Å²) in [7, 11) is 0. The molecule has 2 heterocycles. The number of hydrogen-bond acceptors (Lipinski definition) is 7. The van der Waals surface area contributed by atoms with E-state index in [-0.39, 0.29) is 25.6 Å². The van der Waals surface area contributed by atoms with Crippen molar-refractivity contribution in [2.24, 2.45) is 0 Å². The maximum atomic E-state index is 9.22. The van der Waals surface area contributed by atoms with E-state index in [1.165, 1.54) is 12.7 Å². The number of fused-ring (bicyclic) bond motifs is 1. The topological polar surface area (TPSA) is 119 Å². The second-order valence-electron chi connectivity index (χ2n) is 3.31. The third kappa shape index (κ3) is 2.18. The number of nitrogen functional groups attached to an aromatic ring is 1. The molecule has 8 nitrogen and oxygen atoms in total. The Morgan fingerprint density at radius 3 is 2.88 bits per heavy atom. The van der Waals surface area contributed by atoms with Gasteiger partial charge in [0.05, 0.1) is 26.1 Å². The first-order valence-electron chi connectivity index (χ1n) is 5.04. The number of aliphatic hydroxyl groups excluding tert-OH is 2. The van der Waals surface area contributed by atoms with Crippen LogP contribution in [0.5, 0.6) is 0 Å². The van der Waals surface area contributed by atoms with Gasteiger partial charge in [0, 0.05) is 0 Å². The lowest BCUT2D eigenvalue weighted by Crippen LogP contribution is -2.18. The highest BCUT2D eigenvalue weighted by atomic mass is 16.5. The Kier molecular flexibility index (Phi) is 3.47. The van der Waals surface area contributed by atoms with Crippen LogP contribution in [-0.4, -0.2) is 49.6 Å². The molecule has 0 bridgehead atoms. The molecule has 0 aliphatic rings. The van der Waals surface area contributed by atoms with Crippen molar-refractivity contribution >= 4 is 17.0 Å². The molecular formula is C9H13N5O3. The van der Waals surface area contributed by atoms with Crippen molar-refractivity contribution < 1.29 is 14.9 Å². The molecule has 0 aliphatic heterocycles. The van der Waals surface area contributed by atoms with Gasteiger partial charge in [0.15, 0.2) is 17.7 Å². The summed E-state index contributed by atoms with van der Waals surface area (Å²) in [5, 5.41) is 17.9. The summed E-state index contributed by atoms with van der Waals surface area (Å²) in [6, 6.07) is 0. The fourth-order valence-electron chi connectivity index (χ4n) is 1.49. The zero-order valence-electron chi connectivity index (χ0n) is 9.02. The summed E-state index contributed by atoms with van der Waals surface area (Å²) in [5.74, 6) is 0.271. The molecule has 92 valence electrons.